The van der Waals surface area contributed by atoms with Crippen molar-refractivity contribution in [3.8, 4) is 5.75 Å². The third-order valence-electron chi connectivity index (χ3n) is 2.21. The van der Waals surface area contributed by atoms with Gasteiger partial charge in [0.05, 0.1) is 4.92 Å². The van der Waals surface area contributed by atoms with Crippen molar-refractivity contribution >= 4 is 17.0 Å². The van der Waals surface area contributed by atoms with Gasteiger partial charge in [-0.2, -0.15) is 0 Å². The molecule has 0 atom stereocenters. The van der Waals surface area contributed by atoms with Gasteiger partial charge >= 0.3 is 0 Å². The second-order valence-electron chi connectivity index (χ2n) is 3.37. The number of nitrogens with zero attached hydrogens (tertiary/aromatic N) is 1. The van der Waals surface area contributed by atoms with Crippen molar-refractivity contribution < 1.29 is 14.4 Å². The van der Waals surface area contributed by atoms with E-state index < -0.39 is 4.92 Å². The molecular formula is C11H9NO4. The molecule has 2 rings (SSSR count). The summed E-state index contributed by atoms with van der Waals surface area (Å²) < 4.78 is 5.36. The van der Waals surface area contributed by atoms with Crippen LogP contribution < -0.4 is 0 Å². The number of nitro groups is 1. The maximum absolute atomic E-state index is 10.2. The van der Waals surface area contributed by atoms with Gasteiger partial charge in [0.15, 0.2) is 0 Å². The van der Waals surface area contributed by atoms with Crippen molar-refractivity contribution in [2.24, 2.45) is 0 Å². The summed E-state index contributed by atoms with van der Waals surface area (Å²) in [4.78, 5) is 9.66. The molecule has 0 saturated heterocycles. The van der Waals surface area contributed by atoms with E-state index in [4.69, 9.17) is 4.42 Å². The van der Waals surface area contributed by atoms with Crippen molar-refractivity contribution in [1.82, 2.24) is 0 Å². The summed E-state index contributed by atoms with van der Waals surface area (Å²) in [5.41, 5.74) is 0.990. The van der Waals surface area contributed by atoms with Crippen LogP contribution in [-0.4, -0.2) is 10.0 Å². The molecule has 0 aliphatic rings. The molecule has 5 nitrogen and oxygen atoms in total. The van der Waals surface area contributed by atoms with Crippen LogP contribution in [-0.2, 0) is 0 Å². The number of hydrogen-bond donors (Lipinski definition) is 1. The molecule has 5 heteroatoms. The number of benzene rings is 1. The van der Waals surface area contributed by atoms with Crippen LogP contribution in [0.1, 0.15) is 11.3 Å². The fraction of sp³-hybridized carbons (Fsp3) is 0.0909. The molecule has 0 fully saturated rings. The van der Waals surface area contributed by atoms with Crippen LogP contribution >= 0.6 is 0 Å². The van der Waals surface area contributed by atoms with Crippen LogP contribution in [0.2, 0.25) is 0 Å². The van der Waals surface area contributed by atoms with Gasteiger partial charge in [-0.3, -0.25) is 10.1 Å². The fourth-order valence-corrected chi connectivity index (χ4v) is 1.56. The Balaban J connectivity index is 2.65. The van der Waals surface area contributed by atoms with E-state index in [9.17, 15) is 15.2 Å². The van der Waals surface area contributed by atoms with E-state index in [1.807, 2.05) is 0 Å². The van der Waals surface area contributed by atoms with Crippen LogP contribution in [0.25, 0.3) is 17.0 Å². The normalized spacial score (nSPS) is 11.3. The number of phenols is 1. The van der Waals surface area contributed by atoms with Crippen LogP contribution in [0.4, 0.5) is 0 Å². The van der Waals surface area contributed by atoms with Gasteiger partial charge in [-0.25, -0.2) is 0 Å². The van der Waals surface area contributed by atoms with E-state index in [0.717, 1.165) is 6.20 Å². The van der Waals surface area contributed by atoms with E-state index >= 15 is 0 Å². The lowest BCUT2D eigenvalue weighted by molar-refractivity contribution is -0.400. The highest BCUT2D eigenvalue weighted by Crippen LogP contribution is 2.30. The van der Waals surface area contributed by atoms with Crippen molar-refractivity contribution in [2.45, 2.75) is 6.92 Å². The highest BCUT2D eigenvalue weighted by Gasteiger charge is 2.09. The Morgan fingerprint density at radius 3 is 2.94 bits per heavy atom. The third-order valence-corrected chi connectivity index (χ3v) is 2.21. The molecule has 0 aliphatic heterocycles. The van der Waals surface area contributed by atoms with Gasteiger partial charge in [0.1, 0.15) is 17.1 Å². The summed E-state index contributed by atoms with van der Waals surface area (Å²) in [6, 6.07) is 4.81. The minimum Gasteiger partial charge on any atom is -0.507 e. The van der Waals surface area contributed by atoms with Crippen LogP contribution in [0.3, 0.4) is 0 Å². The quantitative estimate of drug-likeness (QED) is 0.622. The van der Waals surface area contributed by atoms with Crippen molar-refractivity contribution in [2.75, 3.05) is 0 Å². The molecule has 0 aliphatic carbocycles. The minimum atomic E-state index is -0.578. The Kier molecular flexibility index (Phi) is 2.36. The third kappa shape index (κ3) is 1.75. The Bertz CT molecular complexity index is 583. The average Bonchev–Trinajstić information content (AvgIpc) is 2.57. The molecule has 2 aromatic rings. The summed E-state index contributed by atoms with van der Waals surface area (Å²) in [5.74, 6) is 0.683. The molecule has 1 aromatic carbocycles. The SMILES string of the molecule is Cc1cc2c(/C=C/[N+](=O)[O-])c(O)ccc2o1. The van der Waals surface area contributed by atoms with Gasteiger partial charge in [0, 0.05) is 17.0 Å². The lowest BCUT2D eigenvalue weighted by atomic mass is 10.1. The van der Waals surface area contributed by atoms with Crippen molar-refractivity contribution in [1.29, 1.82) is 0 Å². The second-order valence-corrected chi connectivity index (χ2v) is 3.37. The summed E-state index contributed by atoms with van der Waals surface area (Å²) >= 11 is 0. The molecule has 1 heterocycles. The van der Waals surface area contributed by atoms with E-state index in [-0.39, 0.29) is 5.75 Å². The van der Waals surface area contributed by atoms with Crippen LogP contribution in [0.5, 0.6) is 5.75 Å². The summed E-state index contributed by atoms with van der Waals surface area (Å²) in [7, 11) is 0. The Labute approximate surface area is 90.8 Å². The largest absolute Gasteiger partial charge is 0.507 e. The highest BCUT2D eigenvalue weighted by atomic mass is 16.6. The van der Waals surface area contributed by atoms with Crippen molar-refractivity contribution in [3.63, 3.8) is 0 Å². The van der Waals surface area contributed by atoms with E-state index in [2.05, 4.69) is 0 Å². The molecule has 0 bridgehead atoms. The number of aryl methyl sites for hydroxylation is 1. The molecule has 0 amide bonds. The van der Waals surface area contributed by atoms with E-state index in [1.54, 1.807) is 19.1 Å². The molecule has 0 saturated carbocycles. The zero-order valence-corrected chi connectivity index (χ0v) is 8.51. The van der Waals surface area contributed by atoms with Crippen LogP contribution in [0, 0.1) is 17.0 Å². The Morgan fingerprint density at radius 1 is 1.50 bits per heavy atom. The average molecular weight is 219 g/mol. The lowest BCUT2D eigenvalue weighted by Crippen LogP contribution is -1.83. The monoisotopic (exact) mass is 219 g/mol. The summed E-state index contributed by atoms with van der Waals surface area (Å²) in [6.07, 6.45) is 2.05. The molecule has 16 heavy (non-hydrogen) atoms. The van der Waals surface area contributed by atoms with E-state index in [0.29, 0.717) is 22.3 Å². The number of fused-ring (bicyclic) bond motifs is 1. The number of hydrogen-bond acceptors (Lipinski definition) is 4. The second kappa shape index (κ2) is 3.69. The predicted octanol–water partition coefficient (Wildman–Crippen LogP) is 2.69. The Hall–Kier alpha value is -2.30. The maximum atomic E-state index is 10.2. The van der Waals surface area contributed by atoms with Gasteiger partial charge in [-0.1, -0.05) is 0 Å². The zero-order chi connectivity index (χ0) is 11.7. The molecule has 1 aromatic heterocycles. The highest BCUT2D eigenvalue weighted by molar-refractivity contribution is 5.90. The van der Waals surface area contributed by atoms with Gasteiger partial charge in [0.25, 0.3) is 0 Å². The molecule has 0 unspecified atom stereocenters. The first-order valence-corrected chi connectivity index (χ1v) is 4.62. The molecule has 1 N–H and O–H groups in total. The first-order valence-electron chi connectivity index (χ1n) is 4.62. The summed E-state index contributed by atoms with van der Waals surface area (Å²) in [6.45, 7) is 1.78. The smallest absolute Gasteiger partial charge is 0.235 e. The topological polar surface area (TPSA) is 76.5 Å². The van der Waals surface area contributed by atoms with Crippen LogP contribution in [0.15, 0.2) is 28.8 Å². The first-order chi connectivity index (χ1) is 7.58. The van der Waals surface area contributed by atoms with Gasteiger partial charge in [0.2, 0.25) is 6.20 Å². The molecular weight excluding hydrogens is 210 g/mol. The number of phenolic OH excluding ortho intramolecular Hbond substituents is 1. The van der Waals surface area contributed by atoms with Gasteiger partial charge in [-0.05, 0) is 25.1 Å². The maximum Gasteiger partial charge on any atom is 0.235 e. The molecule has 0 radical (unpaired) electrons. The van der Waals surface area contributed by atoms with Gasteiger partial charge < -0.3 is 9.52 Å². The standard InChI is InChI=1S/C11H9NO4/c1-7-6-9-8(4-5-12(14)15)10(13)2-3-11(9)16-7/h2-6,13H,1H3/b5-4+. The first kappa shape index (κ1) is 10.2. The number of aromatic hydroxyl groups is 1. The van der Waals surface area contributed by atoms with Gasteiger partial charge in [-0.15, -0.1) is 0 Å². The molecule has 82 valence electrons. The zero-order valence-electron chi connectivity index (χ0n) is 8.51. The fourth-order valence-electron chi connectivity index (χ4n) is 1.56. The van der Waals surface area contributed by atoms with E-state index in [1.165, 1.54) is 12.1 Å². The van der Waals surface area contributed by atoms with Crippen molar-refractivity contribution in [3.05, 3.63) is 45.8 Å². The summed E-state index contributed by atoms with van der Waals surface area (Å²) in [5, 5.41) is 20.5. The minimum absolute atomic E-state index is 0.00796. The lowest BCUT2D eigenvalue weighted by Gasteiger charge is -1.98. The molecule has 0 spiro atoms. The predicted molar refractivity (Wildman–Crippen MR) is 58.6 cm³/mol. The Morgan fingerprint density at radius 2 is 2.25 bits per heavy atom. The number of rotatable bonds is 2. The number of furan rings is 1.